The minimum absolute atomic E-state index is 0.0295. The van der Waals surface area contributed by atoms with Crippen molar-refractivity contribution in [2.24, 2.45) is 5.92 Å². The van der Waals surface area contributed by atoms with Gasteiger partial charge in [0, 0.05) is 12.0 Å². The molecule has 0 fully saturated rings. The molecular weight excluding hydrogens is 241 g/mol. The predicted molar refractivity (Wildman–Crippen MR) is 65.2 cm³/mol. The molecule has 0 amide bonds. The van der Waals surface area contributed by atoms with Crippen molar-refractivity contribution in [3.05, 3.63) is 23.3 Å². The Morgan fingerprint density at radius 3 is 2.61 bits per heavy atom. The number of hydrogen-bond donors (Lipinski definition) is 0. The molecule has 18 heavy (non-hydrogen) atoms. The lowest BCUT2D eigenvalue weighted by molar-refractivity contribution is -0.117. The van der Waals surface area contributed by atoms with E-state index in [2.05, 4.69) is 0 Å². The van der Waals surface area contributed by atoms with Gasteiger partial charge in [0.2, 0.25) is 0 Å². The lowest BCUT2D eigenvalue weighted by Crippen LogP contribution is -2.16. The Labute approximate surface area is 106 Å². The summed E-state index contributed by atoms with van der Waals surface area (Å²) in [4.78, 5) is 11.2. The molecule has 0 aromatic carbocycles. The van der Waals surface area contributed by atoms with Crippen molar-refractivity contribution in [1.82, 2.24) is 0 Å². The molecule has 4 heteroatoms. The third-order valence-corrected chi connectivity index (χ3v) is 3.14. The Morgan fingerprint density at radius 2 is 2.11 bits per heavy atom. The molecule has 0 aromatic heterocycles. The fourth-order valence-electron chi connectivity index (χ4n) is 2.32. The molecule has 0 radical (unpaired) electrons. The molecule has 1 aliphatic rings. The number of rotatable bonds is 5. The molecule has 0 saturated carbocycles. The number of Topliss-reactive ketones (excluding diaryl/α,β-unsaturated/α-hetero) is 1. The maximum atomic E-state index is 12.7. The minimum Gasteiger partial charge on any atom is -0.300 e. The van der Waals surface area contributed by atoms with Gasteiger partial charge in [0.25, 0.3) is 0 Å². The van der Waals surface area contributed by atoms with Crippen LogP contribution in [0.25, 0.3) is 0 Å². The van der Waals surface area contributed by atoms with Gasteiger partial charge in [-0.05, 0) is 37.7 Å². The quantitative estimate of drug-likeness (QED) is 0.706. The monoisotopic (exact) mass is 260 g/mol. The highest BCUT2D eigenvalue weighted by molar-refractivity contribution is 5.76. The summed E-state index contributed by atoms with van der Waals surface area (Å²) in [6, 6.07) is 0. The van der Waals surface area contributed by atoms with Gasteiger partial charge in [0.05, 0.1) is 0 Å². The summed E-state index contributed by atoms with van der Waals surface area (Å²) in [5, 5.41) is 0. The van der Waals surface area contributed by atoms with Crippen LogP contribution >= 0.6 is 0 Å². The maximum absolute atomic E-state index is 12.7. The van der Waals surface area contributed by atoms with Crippen LogP contribution in [0.2, 0.25) is 0 Å². The van der Waals surface area contributed by atoms with Crippen LogP contribution in [0, 0.1) is 5.92 Å². The van der Waals surface area contributed by atoms with E-state index in [0.29, 0.717) is 18.4 Å². The summed E-state index contributed by atoms with van der Waals surface area (Å²) in [7, 11) is 0. The van der Waals surface area contributed by atoms with Crippen molar-refractivity contribution in [2.75, 3.05) is 0 Å². The molecule has 0 aliphatic heterocycles. The highest BCUT2D eigenvalue weighted by Crippen LogP contribution is 2.36. The molecule has 0 aromatic rings. The van der Waals surface area contributed by atoms with Crippen molar-refractivity contribution in [2.45, 2.75) is 52.1 Å². The van der Waals surface area contributed by atoms with E-state index in [1.54, 1.807) is 0 Å². The van der Waals surface area contributed by atoms with Crippen LogP contribution in [0.4, 0.5) is 13.2 Å². The van der Waals surface area contributed by atoms with Crippen LogP contribution in [0.1, 0.15) is 46.0 Å². The molecule has 1 unspecified atom stereocenters. The van der Waals surface area contributed by atoms with E-state index in [-0.39, 0.29) is 18.1 Å². The van der Waals surface area contributed by atoms with Gasteiger partial charge in [-0.3, -0.25) is 0 Å². The van der Waals surface area contributed by atoms with Gasteiger partial charge in [-0.1, -0.05) is 25.5 Å². The number of carbonyl (C=O) groups is 1. The Balaban J connectivity index is 2.88. The van der Waals surface area contributed by atoms with Crippen LogP contribution in [0.15, 0.2) is 23.3 Å². The second kappa shape index (κ2) is 6.21. The Kier molecular flexibility index (Phi) is 5.17. The molecular formula is C14H19F3O. The number of ketones is 1. The first kappa shape index (κ1) is 15.0. The minimum atomic E-state index is -4.24. The highest BCUT2D eigenvalue weighted by atomic mass is 19.4. The highest BCUT2D eigenvalue weighted by Gasteiger charge is 2.34. The first-order valence-electron chi connectivity index (χ1n) is 6.31. The van der Waals surface area contributed by atoms with E-state index in [1.807, 2.05) is 13.0 Å². The van der Waals surface area contributed by atoms with Crippen LogP contribution < -0.4 is 0 Å². The predicted octanol–water partition coefficient (Wildman–Crippen LogP) is 4.59. The Bertz CT molecular complexity index is 364. The average Bonchev–Trinajstić information content (AvgIpc) is 2.27. The van der Waals surface area contributed by atoms with E-state index in [4.69, 9.17) is 0 Å². The summed E-state index contributed by atoms with van der Waals surface area (Å²) in [6.45, 7) is 3.46. The molecule has 0 bridgehead atoms. The topological polar surface area (TPSA) is 17.1 Å². The van der Waals surface area contributed by atoms with Gasteiger partial charge in [-0.2, -0.15) is 13.2 Å². The third kappa shape index (κ3) is 4.31. The van der Waals surface area contributed by atoms with Crippen molar-refractivity contribution >= 4 is 5.78 Å². The number of carbonyl (C=O) groups excluding carboxylic acids is 1. The van der Waals surface area contributed by atoms with E-state index >= 15 is 0 Å². The van der Waals surface area contributed by atoms with Crippen LogP contribution in [0.5, 0.6) is 0 Å². The molecule has 102 valence electrons. The van der Waals surface area contributed by atoms with Crippen LogP contribution in [-0.4, -0.2) is 12.0 Å². The Morgan fingerprint density at radius 1 is 1.44 bits per heavy atom. The number of alkyl halides is 3. The number of allylic oxidation sites excluding steroid dienone is 4. The standard InChI is InChI=1S/C14H19F3O/c1-3-5-11(8-10(2)18)12-6-4-7-13(9-12)14(15,16)17/h6,9,11H,3-5,7-8H2,1-2H3. The summed E-state index contributed by atoms with van der Waals surface area (Å²) < 4.78 is 38.0. The molecule has 0 spiro atoms. The smallest absolute Gasteiger partial charge is 0.300 e. The molecule has 1 nitrogen and oxygen atoms in total. The van der Waals surface area contributed by atoms with Crippen molar-refractivity contribution < 1.29 is 18.0 Å². The van der Waals surface area contributed by atoms with E-state index < -0.39 is 11.7 Å². The first-order chi connectivity index (χ1) is 8.34. The summed E-state index contributed by atoms with van der Waals surface area (Å²) in [5.41, 5.74) is 0.218. The van der Waals surface area contributed by atoms with Crippen molar-refractivity contribution in [3.63, 3.8) is 0 Å². The fraction of sp³-hybridized carbons (Fsp3) is 0.643. The lowest BCUT2D eigenvalue weighted by atomic mass is 9.85. The summed E-state index contributed by atoms with van der Waals surface area (Å²) in [5.74, 6) is -0.0352. The number of hydrogen-bond acceptors (Lipinski definition) is 1. The molecule has 1 rings (SSSR count). The summed E-state index contributed by atoms with van der Waals surface area (Å²) >= 11 is 0. The SMILES string of the molecule is CCCC(CC(C)=O)C1=CCCC(C(F)(F)F)=C1. The zero-order valence-electron chi connectivity index (χ0n) is 10.8. The van der Waals surface area contributed by atoms with Crippen molar-refractivity contribution in [3.8, 4) is 0 Å². The first-order valence-corrected chi connectivity index (χ1v) is 6.31. The van der Waals surface area contributed by atoms with Gasteiger partial charge < -0.3 is 4.79 Å². The van der Waals surface area contributed by atoms with Crippen LogP contribution in [-0.2, 0) is 4.79 Å². The molecule has 0 saturated heterocycles. The van der Waals surface area contributed by atoms with Crippen LogP contribution in [0.3, 0.4) is 0 Å². The fourth-order valence-corrected chi connectivity index (χ4v) is 2.32. The molecule has 1 atom stereocenters. The van der Waals surface area contributed by atoms with E-state index in [0.717, 1.165) is 12.8 Å². The van der Waals surface area contributed by atoms with Gasteiger partial charge in [0.15, 0.2) is 0 Å². The van der Waals surface area contributed by atoms with Gasteiger partial charge >= 0.3 is 6.18 Å². The van der Waals surface area contributed by atoms with E-state index in [9.17, 15) is 18.0 Å². The zero-order valence-corrected chi connectivity index (χ0v) is 10.8. The summed E-state index contributed by atoms with van der Waals surface area (Å²) in [6.07, 6.45) is 1.27. The molecule has 0 heterocycles. The largest absolute Gasteiger partial charge is 0.412 e. The second-order valence-corrected chi connectivity index (χ2v) is 4.80. The lowest BCUT2D eigenvalue weighted by Gasteiger charge is -2.22. The van der Waals surface area contributed by atoms with E-state index in [1.165, 1.54) is 13.0 Å². The molecule has 0 N–H and O–H groups in total. The van der Waals surface area contributed by atoms with Crippen molar-refractivity contribution in [1.29, 1.82) is 0 Å². The normalized spacial score (nSPS) is 18.1. The third-order valence-electron chi connectivity index (χ3n) is 3.14. The zero-order chi connectivity index (χ0) is 13.8. The van der Waals surface area contributed by atoms with Gasteiger partial charge in [0.1, 0.15) is 5.78 Å². The maximum Gasteiger partial charge on any atom is 0.412 e. The molecule has 1 aliphatic carbocycles. The van der Waals surface area contributed by atoms with Gasteiger partial charge in [-0.15, -0.1) is 0 Å². The average molecular weight is 260 g/mol. The van der Waals surface area contributed by atoms with Gasteiger partial charge in [-0.25, -0.2) is 0 Å². The number of halogens is 3. The second-order valence-electron chi connectivity index (χ2n) is 4.80. The Hall–Kier alpha value is -1.06.